The van der Waals surface area contributed by atoms with E-state index in [0.717, 1.165) is 11.3 Å². The van der Waals surface area contributed by atoms with Crippen LogP contribution in [0.15, 0.2) is 47.1 Å². The number of nitriles is 1. The van der Waals surface area contributed by atoms with Crippen molar-refractivity contribution in [1.82, 2.24) is 10.3 Å². The van der Waals surface area contributed by atoms with Crippen molar-refractivity contribution in [3.8, 4) is 6.07 Å². The van der Waals surface area contributed by atoms with Gasteiger partial charge in [-0.2, -0.15) is 5.26 Å². The van der Waals surface area contributed by atoms with Crippen LogP contribution in [0.1, 0.15) is 25.3 Å². The van der Waals surface area contributed by atoms with Crippen molar-refractivity contribution in [3.05, 3.63) is 52.6 Å². The average molecular weight is 269 g/mol. The second kappa shape index (κ2) is 5.57. The number of pyridine rings is 1. The molecule has 0 aromatic carbocycles. The molecule has 2 rings (SSSR count). The Morgan fingerprint density at radius 1 is 1.45 bits per heavy atom. The fraction of sp³-hybridized carbons (Fsp3) is 0.267. The molecule has 0 saturated carbocycles. The van der Waals surface area contributed by atoms with Gasteiger partial charge >= 0.3 is 5.97 Å². The number of rotatable bonds is 2. The number of esters is 1. The zero-order valence-electron chi connectivity index (χ0n) is 11.6. The molecular formula is C15H15N3O2. The number of allylic oxidation sites excluding steroid dienone is 3. The maximum atomic E-state index is 12.1. The van der Waals surface area contributed by atoms with Crippen LogP contribution in [0.3, 0.4) is 0 Å². The molecule has 0 amide bonds. The summed E-state index contributed by atoms with van der Waals surface area (Å²) in [7, 11) is 1.33. The Labute approximate surface area is 117 Å². The normalized spacial score (nSPS) is 18.4. The van der Waals surface area contributed by atoms with E-state index in [-0.39, 0.29) is 0 Å². The van der Waals surface area contributed by atoms with Crippen molar-refractivity contribution in [2.75, 3.05) is 7.11 Å². The van der Waals surface area contributed by atoms with Gasteiger partial charge < -0.3 is 10.1 Å². The number of aromatic nitrogens is 1. The average Bonchev–Trinajstić information content (AvgIpc) is 2.46. The Morgan fingerprint density at radius 3 is 2.75 bits per heavy atom. The quantitative estimate of drug-likeness (QED) is 0.831. The summed E-state index contributed by atoms with van der Waals surface area (Å²) in [5.41, 5.74) is 3.19. The molecule has 0 aliphatic carbocycles. The summed E-state index contributed by atoms with van der Waals surface area (Å²) >= 11 is 0. The molecule has 1 N–H and O–H groups in total. The lowest BCUT2D eigenvalue weighted by molar-refractivity contribution is -0.136. The fourth-order valence-electron chi connectivity index (χ4n) is 2.40. The van der Waals surface area contributed by atoms with Crippen molar-refractivity contribution < 1.29 is 9.53 Å². The first-order chi connectivity index (χ1) is 9.60. The summed E-state index contributed by atoms with van der Waals surface area (Å²) in [6.45, 7) is 3.62. The molecule has 0 radical (unpaired) electrons. The molecule has 1 aromatic heterocycles. The number of methoxy groups -OCH3 is 1. The van der Waals surface area contributed by atoms with E-state index >= 15 is 0 Å². The molecule has 0 saturated heterocycles. The van der Waals surface area contributed by atoms with E-state index in [1.807, 2.05) is 13.0 Å². The lowest BCUT2D eigenvalue weighted by Gasteiger charge is -2.27. The van der Waals surface area contributed by atoms with Gasteiger partial charge in [-0.25, -0.2) is 4.79 Å². The van der Waals surface area contributed by atoms with Crippen LogP contribution in [-0.2, 0) is 9.53 Å². The van der Waals surface area contributed by atoms with Crippen LogP contribution in [0.5, 0.6) is 0 Å². The molecule has 2 heterocycles. The number of nitrogens with one attached hydrogen (secondary N) is 1. The minimum atomic E-state index is -0.442. The van der Waals surface area contributed by atoms with Crippen LogP contribution in [0, 0.1) is 11.3 Å². The molecule has 5 nitrogen and oxygen atoms in total. The zero-order chi connectivity index (χ0) is 14.7. The third-order valence-corrected chi connectivity index (χ3v) is 3.30. The number of carbonyl (C=O) groups is 1. The second-order valence-electron chi connectivity index (χ2n) is 4.53. The number of hydrogen-bond donors (Lipinski definition) is 1. The molecule has 1 atom stereocenters. The van der Waals surface area contributed by atoms with Crippen molar-refractivity contribution >= 4 is 5.97 Å². The molecule has 0 spiro atoms. The predicted molar refractivity (Wildman–Crippen MR) is 73.1 cm³/mol. The van der Waals surface area contributed by atoms with Gasteiger partial charge in [0.2, 0.25) is 0 Å². The zero-order valence-corrected chi connectivity index (χ0v) is 11.6. The van der Waals surface area contributed by atoms with E-state index in [2.05, 4.69) is 16.4 Å². The molecule has 0 fully saturated rings. The number of hydrogen-bond acceptors (Lipinski definition) is 5. The smallest absolute Gasteiger partial charge is 0.336 e. The molecule has 102 valence electrons. The first-order valence-electron chi connectivity index (χ1n) is 6.17. The standard InChI is InChI=1S/C15H15N3O2/c1-9-12(7-16)14(11-5-4-6-17-8-11)13(10(2)18-9)15(19)20-3/h4-6,8,14,18H,1-3H3. The number of ether oxygens (including phenoxy) is 1. The minimum absolute atomic E-state index is 0.441. The second-order valence-corrected chi connectivity index (χ2v) is 4.53. The number of dihydropyridines is 1. The van der Waals surface area contributed by atoms with Crippen LogP contribution in [0.4, 0.5) is 0 Å². The molecule has 1 unspecified atom stereocenters. The highest BCUT2D eigenvalue weighted by Crippen LogP contribution is 2.37. The largest absolute Gasteiger partial charge is 0.466 e. The number of nitrogens with zero attached hydrogens (tertiary/aromatic N) is 2. The van der Waals surface area contributed by atoms with Gasteiger partial charge in [-0.15, -0.1) is 0 Å². The molecule has 1 aliphatic rings. The maximum absolute atomic E-state index is 12.1. The van der Waals surface area contributed by atoms with Gasteiger partial charge in [0.25, 0.3) is 0 Å². The van der Waals surface area contributed by atoms with Crippen molar-refractivity contribution in [1.29, 1.82) is 5.26 Å². The summed E-state index contributed by atoms with van der Waals surface area (Å²) in [5, 5.41) is 12.5. The third kappa shape index (κ3) is 2.28. The maximum Gasteiger partial charge on any atom is 0.336 e. The summed E-state index contributed by atoms with van der Waals surface area (Å²) in [6, 6.07) is 5.81. The highest BCUT2D eigenvalue weighted by Gasteiger charge is 2.33. The molecule has 20 heavy (non-hydrogen) atoms. The summed E-state index contributed by atoms with van der Waals surface area (Å²) in [6.07, 6.45) is 3.32. The van der Waals surface area contributed by atoms with E-state index in [9.17, 15) is 10.1 Å². The van der Waals surface area contributed by atoms with Crippen LogP contribution < -0.4 is 5.32 Å². The summed E-state index contributed by atoms with van der Waals surface area (Å²) in [4.78, 5) is 16.1. The van der Waals surface area contributed by atoms with Gasteiger partial charge in [-0.05, 0) is 25.5 Å². The highest BCUT2D eigenvalue weighted by atomic mass is 16.5. The van der Waals surface area contributed by atoms with Crippen molar-refractivity contribution in [3.63, 3.8) is 0 Å². The van der Waals surface area contributed by atoms with Crippen LogP contribution in [-0.4, -0.2) is 18.1 Å². The van der Waals surface area contributed by atoms with Crippen LogP contribution in [0.25, 0.3) is 0 Å². The van der Waals surface area contributed by atoms with Crippen LogP contribution in [0.2, 0.25) is 0 Å². The molecule has 0 bridgehead atoms. The Bertz CT molecular complexity index is 639. The fourth-order valence-corrected chi connectivity index (χ4v) is 2.40. The number of carbonyl (C=O) groups excluding carboxylic acids is 1. The Kier molecular flexibility index (Phi) is 3.85. The Morgan fingerprint density at radius 2 is 2.20 bits per heavy atom. The summed E-state index contributed by atoms with van der Waals surface area (Å²) < 4.78 is 4.85. The monoisotopic (exact) mass is 269 g/mol. The first-order valence-corrected chi connectivity index (χ1v) is 6.17. The SMILES string of the molecule is COC(=O)C1=C(C)NC(C)=C(C#N)C1c1cccnc1. The molecule has 5 heteroatoms. The summed E-state index contributed by atoms with van der Waals surface area (Å²) in [5.74, 6) is -0.883. The Hall–Kier alpha value is -2.61. The van der Waals surface area contributed by atoms with Crippen LogP contribution >= 0.6 is 0 Å². The van der Waals surface area contributed by atoms with Crippen molar-refractivity contribution in [2.45, 2.75) is 19.8 Å². The topological polar surface area (TPSA) is 75.0 Å². The lowest BCUT2D eigenvalue weighted by Crippen LogP contribution is -2.28. The van der Waals surface area contributed by atoms with Gasteiger partial charge in [0.05, 0.1) is 30.2 Å². The lowest BCUT2D eigenvalue weighted by atomic mass is 9.82. The predicted octanol–water partition coefficient (Wildman–Crippen LogP) is 2.01. The van der Waals surface area contributed by atoms with E-state index < -0.39 is 11.9 Å². The Balaban J connectivity index is 2.63. The van der Waals surface area contributed by atoms with Gasteiger partial charge in [0, 0.05) is 23.8 Å². The molecule has 1 aliphatic heterocycles. The van der Waals surface area contributed by atoms with E-state index in [4.69, 9.17) is 4.74 Å². The van der Waals surface area contributed by atoms with Gasteiger partial charge in [0.15, 0.2) is 0 Å². The van der Waals surface area contributed by atoms with Crippen molar-refractivity contribution in [2.24, 2.45) is 0 Å². The van der Waals surface area contributed by atoms with E-state index in [1.54, 1.807) is 25.4 Å². The van der Waals surface area contributed by atoms with Gasteiger partial charge in [0.1, 0.15) is 0 Å². The van der Waals surface area contributed by atoms with E-state index in [0.29, 0.717) is 16.8 Å². The third-order valence-electron chi connectivity index (χ3n) is 3.30. The molecule has 1 aromatic rings. The van der Waals surface area contributed by atoms with Gasteiger partial charge in [-0.1, -0.05) is 6.07 Å². The van der Waals surface area contributed by atoms with E-state index in [1.165, 1.54) is 7.11 Å². The molecular weight excluding hydrogens is 254 g/mol. The van der Waals surface area contributed by atoms with Gasteiger partial charge in [-0.3, -0.25) is 4.98 Å². The highest BCUT2D eigenvalue weighted by molar-refractivity contribution is 5.92. The first kappa shape index (κ1) is 13.8. The minimum Gasteiger partial charge on any atom is -0.466 e.